The number of aryl methyl sites for hydroxylation is 1. The number of halogens is 1. The van der Waals surface area contributed by atoms with E-state index in [0.717, 1.165) is 5.56 Å². The minimum absolute atomic E-state index is 0.139. The molecule has 5 heteroatoms. The maximum absolute atomic E-state index is 12.7. The third-order valence-corrected chi connectivity index (χ3v) is 3.41. The molecular formula is C17H14ClN3O. The third-order valence-electron chi connectivity index (χ3n) is 3.24. The second kappa shape index (κ2) is 6.54. The van der Waals surface area contributed by atoms with Crippen LogP contribution >= 0.6 is 11.6 Å². The van der Waals surface area contributed by atoms with Gasteiger partial charge >= 0.3 is 0 Å². The molecule has 0 aliphatic heterocycles. The molecule has 0 atom stereocenters. The summed E-state index contributed by atoms with van der Waals surface area (Å²) in [4.78, 5) is 14.2. The van der Waals surface area contributed by atoms with Crippen LogP contribution in [0, 0.1) is 0 Å². The summed E-state index contributed by atoms with van der Waals surface area (Å²) in [6.45, 7) is 0.462. The Hall–Kier alpha value is -2.46. The molecule has 0 unspecified atom stereocenters. The number of benzene rings is 2. The Morgan fingerprint density at radius 1 is 0.955 bits per heavy atom. The van der Waals surface area contributed by atoms with Gasteiger partial charge in [-0.2, -0.15) is 9.90 Å². The number of rotatable bonds is 5. The van der Waals surface area contributed by atoms with E-state index >= 15 is 0 Å². The smallest absolute Gasteiger partial charge is 0.215 e. The van der Waals surface area contributed by atoms with Crippen LogP contribution in [0.15, 0.2) is 60.7 Å². The Bertz CT molecular complexity index is 769. The summed E-state index contributed by atoms with van der Waals surface area (Å²) < 4.78 is 0. The maximum Gasteiger partial charge on any atom is 0.215 e. The van der Waals surface area contributed by atoms with Crippen molar-refractivity contribution in [3.05, 3.63) is 71.9 Å². The molecule has 3 rings (SSSR count). The minimum Gasteiger partial charge on any atom is -0.287 e. The van der Waals surface area contributed by atoms with Crippen LogP contribution in [0.2, 0.25) is 0 Å². The van der Waals surface area contributed by atoms with Gasteiger partial charge in [-0.05, 0) is 0 Å². The van der Waals surface area contributed by atoms with Crippen molar-refractivity contribution in [2.45, 2.75) is 6.54 Å². The average Bonchev–Trinajstić information content (AvgIpc) is 3.00. The molecule has 0 bridgehead atoms. The second-order valence-corrected chi connectivity index (χ2v) is 5.12. The van der Waals surface area contributed by atoms with Crippen molar-refractivity contribution >= 4 is 17.4 Å². The Kier molecular flexibility index (Phi) is 4.30. The first-order valence-corrected chi connectivity index (χ1v) is 7.49. The SMILES string of the molecule is O=C(c1ccccc1)c1nn(CCCl)nc1-c1ccccc1. The van der Waals surface area contributed by atoms with Crippen molar-refractivity contribution in [2.75, 3.05) is 5.88 Å². The van der Waals surface area contributed by atoms with Gasteiger partial charge in [0, 0.05) is 17.0 Å². The van der Waals surface area contributed by atoms with E-state index in [4.69, 9.17) is 11.6 Å². The summed E-state index contributed by atoms with van der Waals surface area (Å²) in [7, 11) is 0. The van der Waals surface area contributed by atoms with E-state index in [-0.39, 0.29) is 5.78 Å². The molecule has 0 aliphatic carbocycles. The molecule has 0 amide bonds. The predicted molar refractivity (Wildman–Crippen MR) is 86.1 cm³/mol. The first kappa shape index (κ1) is 14.5. The van der Waals surface area contributed by atoms with Crippen LogP contribution in [0.5, 0.6) is 0 Å². The molecule has 110 valence electrons. The molecule has 0 radical (unpaired) electrons. The van der Waals surface area contributed by atoms with Gasteiger partial charge in [0.15, 0.2) is 5.69 Å². The monoisotopic (exact) mass is 311 g/mol. The normalized spacial score (nSPS) is 10.6. The fourth-order valence-electron chi connectivity index (χ4n) is 2.19. The fraction of sp³-hybridized carbons (Fsp3) is 0.118. The van der Waals surface area contributed by atoms with E-state index in [1.165, 1.54) is 4.80 Å². The summed E-state index contributed by atoms with van der Waals surface area (Å²) in [5.41, 5.74) is 2.39. The molecule has 0 spiro atoms. The van der Waals surface area contributed by atoms with Crippen LogP contribution in [-0.2, 0) is 6.54 Å². The minimum atomic E-state index is -0.139. The topological polar surface area (TPSA) is 47.8 Å². The summed E-state index contributed by atoms with van der Waals surface area (Å²) in [5, 5.41) is 8.74. The number of hydrogen-bond donors (Lipinski definition) is 0. The molecule has 0 aliphatic rings. The number of carbonyl (C=O) groups is 1. The van der Waals surface area contributed by atoms with E-state index < -0.39 is 0 Å². The van der Waals surface area contributed by atoms with E-state index in [1.807, 2.05) is 48.5 Å². The molecular weight excluding hydrogens is 298 g/mol. The Balaban J connectivity index is 2.08. The van der Waals surface area contributed by atoms with Gasteiger partial charge in [-0.15, -0.1) is 16.7 Å². The van der Waals surface area contributed by atoms with Crippen molar-refractivity contribution in [3.8, 4) is 11.3 Å². The molecule has 4 nitrogen and oxygen atoms in total. The van der Waals surface area contributed by atoms with Gasteiger partial charge in [0.1, 0.15) is 5.69 Å². The highest BCUT2D eigenvalue weighted by atomic mass is 35.5. The van der Waals surface area contributed by atoms with Gasteiger partial charge in [-0.25, -0.2) is 0 Å². The lowest BCUT2D eigenvalue weighted by Gasteiger charge is -2.00. The van der Waals surface area contributed by atoms with E-state index in [9.17, 15) is 4.79 Å². The van der Waals surface area contributed by atoms with Crippen molar-refractivity contribution < 1.29 is 4.79 Å². The number of ketones is 1. The lowest BCUT2D eigenvalue weighted by molar-refractivity contribution is 0.103. The van der Waals surface area contributed by atoms with Crippen molar-refractivity contribution in [2.24, 2.45) is 0 Å². The molecule has 1 heterocycles. The van der Waals surface area contributed by atoms with E-state index in [2.05, 4.69) is 10.2 Å². The first-order chi connectivity index (χ1) is 10.8. The van der Waals surface area contributed by atoms with Gasteiger partial charge in [0.25, 0.3) is 0 Å². The highest BCUT2D eigenvalue weighted by Crippen LogP contribution is 2.22. The largest absolute Gasteiger partial charge is 0.287 e. The van der Waals surface area contributed by atoms with Crippen molar-refractivity contribution in [1.29, 1.82) is 0 Å². The summed E-state index contributed by atoms with van der Waals surface area (Å²) in [5.74, 6) is 0.252. The zero-order valence-electron chi connectivity index (χ0n) is 11.8. The summed E-state index contributed by atoms with van der Waals surface area (Å²) >= 11 is 5.75. The second-order valence-electron chi connectivity index (χ2n) is 4.74. The van der Waals surface area contributed by atoms with Crippen LogP contribution in [-0.4, -0.2) is 26.7 Å². The van der Waals surface area contributed by atoms with Crippen LogP contribution < -0.4 is 0 Å². The van der Waals surface area contributed by atoms with Crippen molar-refractivity contribution in [1.82, 2.24) is 15.0 Å². The molecule has 0 fully saturated rings. The number of hydrogen-bond acceptors (Lipinski definition) is 3. The van der Waals surface area contributed by atoms with E-state index in [1.54, 1.807) is 12.1 Å². The predicted octanol–water partition coefficient (Wildman–Crippen LogP) is 3.41. The maximum atomic E-state index is 12.7. The lowest BCUT2D eigenvalue weighted by Crippen LogP contribution is -2.06. The number of alkyl halides is 1. The van der Waals surface area contributed by atoms with Gasteiger partial charge in [-0.3, -0.25) is 4.79 Å². The van der Waals surface area contributed by atoms with Gasteiger partial charge in [-0.1, -0.05) is 60.7 Å². The number of nitrogens with zero attached hydrogens (tertiary/aromatic N) is 3. The van der Waals surface area contributed by atoms with Gasteiger partial charge in [0.05, 0.1) is 6.54 Å². The van der Waals surface area contributed by atoms with Crippen molar-refractivity contribution in [3.63, 3.8) is 0 Å². The molecule has 2 aromatic carbocycles. The molecule has 1 aromatic heterocycles. The fourth-order valence-corrected chi connectivity index (χ4v) is 2.34. The zero-order chi connectivity index (χ0) is 15.4. The number of aromatic nitrogens is 3. The molecule has 0 saturated heterocycles. The van der Waals surface area contributed by atoms with Gasteiger partial charge in [0.2, 0.25) is 5.78 Å². The van der Waals surface area contributed by atoms with Crippen LogP contribution in [0.3, 0.4) is 0 Å². The third kappa shape index (κ3) is 2.92. The Morgan fingerprint density at radius 2 is 1.59 bits per heavy atom. The molecule has 0 saturated carbocycles. The molecule has 22 heavy (non-hydrogen) atoms. The quantitative estimate of drug-likeness (QED) is 0.536. The lowest BCUT2D eigenvalue weighted by atomic mass is 10.0. The molecule has 3 aromatic rings. The number of carbonyl (C=O) groups excluding carboxylic acids is 1. The van der Waals surface area contributed by atoms with E-state index in [0.29, 0.717) is 29.4 Å². The van der Waals surface area contributed by atoms with Gasteiger partial charge < -0.3 is 0 Å². The highest BCUT2D eigenvalue weighted by Gasteiger charge is 2.21. The van der Waals surface area contributed by atoms with Crippen LogP contribution in [0.25, 0.3) is 11.3 Å². The average molecular weight is 312 g/mol. The Morgan fingerprint density at radius 3 is 2.23 bits per heavy atom. The first-order valence-electron chi connectivity index (χ1n) is 6.96. The molecule has 0 N–H and O–H groups in total. The highest BCUT2D eigenvalue weighted by molar-refractivity contribution is 6.17. The zero-order valence-corrected chi connectivity index (χ0v) is 12.6. The summed E-state index contributed by atoms with van der Waals surface area (Å²) in [6, 6.07) is 18.7. The van der Waals surface area contributed by atoms with Crippen LogP contribution in [0.4, 0.5) is 0 Å². The summed E-state index contributed by atoms with van der Waals surface area (Å²) in [6.07, 6.45) is 0. The standard InChI is InChI=1S/C17H14ClN3O/c18-11-12-21-19-15(13-7-3-1-4-8-13)16(20-21)17(22)14-9-5-2-6-10-14/h1-10H,11-12H2. The Labute approximate surface area is 133 Å². The van der Waals surface area contributed by atoms with Crippen LogP contribution in [0.1, 0.15) is 16.1 Å².